The molecule has 1 nitrogen and oxygen atoms in total. The molecule has 1 fully saturated rings. The van der Waals surface area contributed by atoms with Crippen molar-refractivity contribution in [3.63, 3.8) is 0 Å². The average Bonchev–Trinajstić information content (AvgIpc) is 2.34. The largest absolute Gasteiger partial charge is 0.312 e. The van der Waals surface area contributed by atoms with Crippen LogP contribution < -0.4 is 5.32 Å². The Morgan fingerprint density at radius 3 is 2.59 bits per heavy atom. The van der Waals surface area contributed by atoms with Crippen molar-refractivity contribution < 1.29 is 0 Å². The molecule has 2 unspecified atom stereocenters. The van der Waals surface area contributed by atoms with Gasteiger partial charge in [0.25, 0.3) is 0 Å². The van der Waals surface area contributed by atoms with Gasteiger partial charge in [0.15, 0.2) is 0 Å². The molecule has 0 bridgehead atoms. The molecule has 1 aliphatic carbocycles. The number of alkyl halides is 1. The number of halogens is 2. The molecule has 2 rings (SSSR count). The fraction of sp³-hybridized carbons (Fsp3) is 0.571. The van der Waals surface area contributed by atoms with Gasteiger partial charge in [0.05, 0.1) is 0 Å². The lowest BCUT2D eigenvalue weighted by Crippen LogP contribution is -2.30. The molecule has 1 saturated carbocycles. The summed E-state index contributed by atoms with van der Waals surface area (Å²) in [6.45, 7) is 1.98. The van der Waals surface area contributed by atoms with E-state index in [9.17, 15) is 0 Å². The van der Waals surface area contributed by atoms with Gasteiger partial charge in [-0.3, -0.25) is 0 Å². The molecular weight excluding hydrogens is 298 g/mol. The number of nitrogens with one attached hydrogen (secondary N) is 1. The Balaban J connectivity index is 1.73. The fourth-order valence-corrected chi connectivity index (χ4v) is 3.03. The van der Waals surface area contributed by atoms with Crippen LogP contribution in [0.3, 0.4) is 0 Å². The molecule has 0 saturated heterocycles. The first-order valence-corrected chi connectivity index (χ1v) is 7.58. The molecule has 1 N–H and O–H groups in total. The summed E-state index contributed by atoms with van der Waals surface area (Å²) >= 11 is 9.79. The summed E-state index contributed by atoms with van der Waals surface area (Å²) in [4.78, 5) is 0. The van der Waals surface area contributed by atoms with Gasteiger partial charge in [-0.2, -0.15) is 0 Å². The monoisotopic (exact) mass is 315 g/mol. The van der Waals surface area contributed by atoms with Gasteiger partial charge in [-0.25, -0.2) is 0 Å². The van der Waals surface area contributed by atoms with E-state index in [0.29, 0.717) is 11.3 Å². The predicted molar refractivity (Wildman–Crippen MR) is 77.4 cm³/mol. The van der Waals surface area contributed by atoms with E-state index < -0.39 is 0 Å². The zero-order valence-corrected chi connectivity index (χ0v) is 12.3. The summed E-state index contributed by atoms with van der Waals surface area (Å²) in [5.74, 6) is 0.654. The molecule has 3 heteroatoms. The quantitative estimate of drug-likeness (QED) is 0.815. The summed E-state index contributed by atoms with van der Waals surface area (Å²) in [7, 11) is 0. The first kappa shape index (κ1) is 13.4. The van der Waals surface area contributed by atoms with Crippen molar-refractivity contribution >= 4 is 27.5 Å². The van der Waals surface area contributed by atoms with Gasteiger partial charge in [0.2, 0.25) is 0 Å². The second kappa shape index (κ2) is 6.77. The van der Waals surface area contributed by atoms with Crippen LogP contribution in [0.15, 0.2) is 28.7 Å². The Morgan fingerprint density at radius 1 is 1.18 bits per heavy atom. The molecule has 0 radical (unpaired) electrons. The van der Waals surface area contributed by atoms with Gasteiger partial charge >= 0.3 is 0 Å². The first-order chi connectivity index (χ1) is 8.25. The Kier molecular flexibility index (Phi) is 5.33. The van der Waals surface area contributed by atoms with Crippen LogP contribution in [0.25, 0.3) is 0 Å². The van der Waals surface area contributed by atoms with Crippen molar-refractivity contribution in [3.05, 3.63) is 34.3 Å². The van der Waals surface area contributed by atoms with Crippen LogP contribution in [0.4, 0.5) is 0 Å². The number of hydrogen-bond donors (Lipinski definition) is 1. The highest BCUT2D eigenvalue weighted by Crippen LogP contribution is 2.28. The smallest absolute Gasteiger partial charge is 0.0376 e. The standard InChI is InChI=1S/C14H19BrClN/c15-13-7-5-11(6-8-13)9-17-10-12-3-1-2-4-14(12)16/h5-8,12,14,17H,1-4,9-10H2. The van der Waals surface area contributed by atoms with Gasteiger partial charge in [0, 0.05) is 16.4 Å². The Morgan fingerprint density at radius 2 is 1.88 bits per heavy atom. The maximum absolute atomic E-state index is 6.34. The minimum Gasteiger partial charge on any atom is -0.312 e. The van der Waals surface area contributed by atoms with Crippen LogP contribution in [0.5, 0.6) is 0 Å². The highest BCUT2D eigenvalue weighted by molar-refractivity contribution is 9.10. The summed E-state index contributed by atoms with van der Waals surface area (Å²) in [5, 5.41) is 3.90. The Hall–Kier alpha value is -0.0500. The van der Waals surface area contributed by atoms with Crippen LogP contribution in [0.1, 0.15) is 31.2 Å². The first-order valence-electron chi connectivity index (χ1n) is 6.35. The molecule has 1 aliphatic rings. The van der Waals surface area contributed by atoms with Crippen molar-refractivity contribution in [2.75, 3.05) is 6.54 Å². The molecule has 94 valence electrons. The van der Waals surface area contributed by atoms with Gasteiger partial charge in [-0.05, 0) is 43.0 Å². The van der Waals surface area contributed by atoms with E-state index in [-0.39, 0.29) is 0 Å². The third-order valence-corrected chi connectivity index (χ3v) is 4.57. The molecule has 1 aromatic carbocycles. The van der Waals surface area contributed by atoms with Crippen LogP contribution in [-0.4, -0.2) is 11.9 Å². The minimum atomic E-state index is 0.376. The van der Waals surface area contributed by atoms with Gasteiger partial charge in [0.1, 0.15) is 0 Å². The second-order valence-corrected chi connectivity index (χ2v) is 6.29. The van der Waals surface area contributed by atoms with Crippen LogP contribution in [0, 0.1) is 5.92 Å². The normalized spacial score (nSPS) is 24.8. The third-order valence-electron chi connectivity index (χ3n) is 3.47. The van der Waals surface area contributed by atoms with Crippen LogP contribution in [0.2, 0.25) is 0 Å². The summed E-state index contributed by atoms with van der Waals surface area (Å²) < 4.78 is 1.13. The van der Waals surface area contributed by atoms with E-state index in [1.165, 1.54) is 31.2 Å². The zero-order valence-electron chi connectivity index (χ0n) is 9.96. The molecule has 1 aromatic rings. The molecular formula is C14H19BrClN. The van der Waals surface area contributed by atoms with E-state index in [0.717, 1.165) is 17.6 Å². The summed E-state index contributed by atoms with van der Waals surface area (Å²) in [6, 6.07) is 8.47. The Labute approximate surface area is 117 Å². The maximum atomic E-state index is 6.34. The lowest BCUT2D eigenvalue weighted by atomic mass is 9.89. The molecule has 0 aliphatic heterocycles. The van der Waals surface area contributed by atoms with Gasteiger partial charge in [-0.15, -0.1) is 11.6 Å². The van der Waals surface area contributed by atoms with E-state index in [4.69, 9.17) is 11.6 Å². The average molecular weight is 317 g/mol. The maximum Gasteiger partial charge on any atom is 0.0376 e. The Bertz CT molecular complexity index is 339. The number of hydrogen-bond acceptors (Lipinski definition) is 1. The third kappa shape index (κ3) is 4.27. The predicted octanol–water partition coefficient (Wildman–Crippen LogP) is 4.34. The highest BCUT2D eigenvalue weighted by atomic mass is 79.9. The second-order valence-electron chi connectivity index (χ2n) is 4.82. The molecule has 0 heterocycles. The van der Waals surface area contributed by atoms with Crippen molar-refractivity contribution in [1.29, 1.82) is 0 Å². The van der Waals surface area contributed by atoms with Crippen molar-refractivity contribution in [2.24, 2.45) is 5.92 Å². The molecule has 0 spiro atoms. The molecule has 17 heavy (non-hydrogen) atoms. The molecule has 0 amide bonds. The van der Waals surface area contributed by atoms with E-state index in [2.05, 4.69) is 45.5 Å². The van der Waals surface area contributed by atoms with Crippen molar-refractivity contribution in [2.45, 2.75) is 37.6 Å². The van der Waals surface area contributed by atoms with Crippen LogP contribution >= 0.6 is 27.5 Å². The number of rotatable bonds is 4. The van der Waals surface area contributed by atoms with Crippen molar-refractivity contribution in [3.8, 4) is 0 Å². The number of benzene rings is 1. The van der Waals surface area contributed by atoms with E-state index >= 15 is 0 Å². The van der Waals surface area contributed by atoms with E-state index in [1.807, 2.05) is 0 Å². The topological polar surface area (TPSA) is 12.0 Å². The lowest BCUT2D eigenvalue weighted by molar-refractivity contribution is 0.348. The zero-order chi connectivity index (χ0) is 12.1. The van der Waals surface area contributed by atoms with Crippen molar-refractivity contribution in [1.82, 2.24) is 5.32 Å². The lowest BCUT2D eigenvalue weighted by Gasteiger charge is -2.27. The minimum absolute atomic E-state index is 0.376. The van der Waals surface area contributed by atoms with Crippen LogP contribution in [-0.2, 0) is 6.54 Å². The fourth-order valence-electron chi connectivity index (χ4n) is 2.40. The summed E-state index contributed by atoms with van der Waals surface area (Å²) in [6.07, 6.45) is 5.11. The molecule has 2 atom stereocenters. The SMILES string of the molecule is ClC1CCCCC1CNCc1ccc(Br)cc1. The van der Waals surface area contributed by atoms with E-state index in [1.54, 1.807) is 0 Å². The summed E-state index contributed by atoms with van der Waals surface area (Å²) in [5.41, 5.74) is 1.33. The molecule has 0 aromatic heterocycles. The highest BCUT2D eigenvalue weighted by Gasteiger charge is 2.22. The van der Waals surface area contributed by atoms with Gasteiger partial charge < -0.3 is 5.32 Å². The van der Waals surface area contributed by atoms with Gasteiger partial charge in [-0.1, -0.05) is 40.9 Å².